The average molecular weight is 321 g/mol. The van der Waals surface area contributed by atoms with E-state index in [1.807, 2.05) is 0 Å². The maximum atomic E-state index is 12.1. The van der Waals surface area contributed by atoms with Crippen LogP contribution in [0.5, 0.6) is 0 Å². The summed E-state index contributed by atoms with van der Waals surface area (Å²) in [5.41, 5.74) is 0.872. The summed E-state index contributed by atoms with van der Waals surface area (Å²) in [6, 6.07) is 8.47. The molecule has 0 aliphatic heterocycles. The molecule has 3 aromatic rings. The summed E-state index contributed by atoms with van der Waals surface area (Å²) in [5, 5.41) is 5.55. The second kappa shape index (κ2) is 5.06. The van der Waals surface area contributed by atoms with Gasteiger partial charge in [0.15, 0.2) is 0 Å². The van der Waals surface area contributed by atoms with Crippen LogP contribution in [0, 0.1) is 0 Å². The van der Waals surface area contributed by atoms with E-state index in [1.54, 1.807) is 30.3 Å². The van der Waals surface area contributed by atoms with E-state index in [9.17, 15) is 9.59 Å². The minimum absolute atomic E-state index is 0.215. The summed E-state index contributed by atoms with van der Waals surface area (Å²) >= 11 is 12.1. The van der Waals surface area contributed by atoms with Gasteiger partial charge in [0.2, 0.25) is 5.91 Å². The zero-order valence-electron chi connectivity index (χ0n) is 11.0. The highest BCUT2D eigenvalue weighted by Gasteiger charge is 2.10. The van der Waals surface area contributed by atoms with E-state index in [1.165, 1.54) is 6.92 Å². The lowest BCUT2D eigenvalue weighted by atomic mass is 10.1. The van der Waals surface area contributed by atoms with Crippen molar-refractivity contribution in [1.29, 1.82) is 0 Å². The molecule has 1 aromatic heterocycles. The Labute approximate surface area is 129 Å². The first kappa shape index (κ1) is 13.9. The first-order valence-corrected chi connectivity index (χ1v) is 6.93. The van der Waals surface area contributed by atoms with Gasteiger partial charge in [0.1, 0.15) is 0 Å². The van der Waals surface area contributed by atoms with Crippen LogP contribution in [0.2, 0.25) is 10.0 Å². The summed E-state index contributed by atoms with van der Waals surface area (Å²) in [7, 11) is 0. The van der Waals surface area contributed by atoms with Crippen molar-refractivity contribution in [3.8, 4) is 0 Å². The number of carbonyl (C=O) groups is 1. The number of aromatic amines is 1. The molecule has 21 heavy (non-hydrogen) atoms. The molecule has 2 aromatic carbocycles. The van der Waals surface area contributed by atoms with Crippen LogP contribution < -0.4 is 10.9 Å². The normalized spacial score (nSPS) is 11.0. The monoisotopic (exact) mass is 320 g/mol. The van der Waals surface area contributed by atoms with E-state index < -0.39 is 0 Å². The van der Waals surface area contributed by atoms with Crippen LogP contribution in [0.3, 0.4) is 0 Å². The number of hydrogen-bond donors (Lipinski definition) is 2. The second-order valence-electron chi connectivity index (χ2n) is 4.70. The number of anilines is 1. The van der Waals surface area contributed by atoms with Gasteiger partial charge in [-0.15, -0.1) is 0 Å². The maximum absolute atomic E-state index is 12.1. The van der Waals surface area contributed by atoms with Crippen LogP contribution in [0.15, 0.2) is 35.1 Å². The largest absolute Gasteiger partial charge is 0.325 e. The third-order valence-electron chi connectivity index (χ3n) is 3.18. The molecule has 2 N–H and O–H groups in total. The predicted octanol–water partition coefficient (Wildman–Crippen LogP) is 3.95. The van der Waals surface area contributed by atoms with Gasteiger partial charge in [-0.05, 0) is 29.7 Å². The summed E-state index contributed by atoms with van der Waals surface area (Å²) in [6.07, 6.45) is 0. The molecule has 1 amide bonds. The van der Waals surface area contributed by atoms with Gasteiger partial charge >= 0.3 is 0 Å². The molecule has 4 nitrogen and oxygen atoms in total. The molecule has 0 atom stereocenters. The lowest BCUT2D eigenvalue weighted by molar-refractivity contribution is -0.114. The smallest absolute Gasteiger partial charge is 0.256 e. The van der Waals surface area contributed by atoms with E-state index >= 15 is 0 Å². The van der Waals surface area contributed by atoms with Gasteiger partial charge in [-0.25, -0.2) is 0 Å². The fourth-order valence-electron chi connectivity index (χ4n) is 2.31. The van der Waals surface area contributed by atoms with E-state index in [2.05, 4.69) is 10.3 Å². The highest BCUT2D eigenvalue weighted by Crippen LogP contribution is 2.31. The molecule has 106 valence electrons. The number of amides is 1. The minimum atomic E-state index is -0.233. The molecule has 1 heterocycles. The van der Waals surface area contributed by atoms with Crippen molar-refractivity contribution in [2.45, 2.75) is 6.92 Å². The molecule has 0 aliphatic rings. The Kier molecular flexibility index (Phi) is 3.35. The topological polar surface area (TPSA) is 62.0 Å². The van der Waals surface area contributed by atoms with Crippen molar-refractivity contribution in [3.63, 3.8) is 0 Å². The van der Waals surface area contributed by atoms with E-state index in [0.29, 0.717) is 26.6 Å². The van der Waals surface area contributed by atoms with Crippen LogP contribution in [0.1, 0.15) is 6.92 Å². The Morgan fingerprint density at radius 1 is 1.10 bits per heavy atom. The number of rotatable bonds is 1. The van der Waals surface area contributed by atoms with E-state index in [-0.39, 0.29) is 11.5 Å². The van der Waals surface area contributed by atoms with Gasteiger partial charge in [0.25, 0.3) is 5.56 Å². The molecule has 6 heteroatoms. The lowest BCUT2D eigenvalue weighted by Crippen LogP contribution is -2.08. The zero-order chi connectivity index (χ0) is 15.1. The van der Waals surface area contributed by atoms with Crippen molar-refractivity contribution < 1.29 is 4.79 Å². The molecular formula is C15H10Cl2N2O2. The predicted molar refractivity (Wildman–Crippen MR) is 86.4 cm³/mol. The first-order chi connectivity index (χ1) is 9.95. The molecule has 0 saturated carbocycles. The first-order valence-electron chi connectivity index (χ1n) is 6.18. The average Bonchev–Trinajstić information content (AvgIpc) is 2.40. The number of nitrogens with one attached hydrogen (secondary N) is 2. The fourth-order valence-corrected chi connectivity index (χ4v) is 2.70. The number of pyridine rings is 1. The quantitative estimate of drug-likeness (QED) is 0.667. The van der Waals surface area contributed by atoms with Crippen LogP contribution >= 0.6 is 23.2 Å². The molecule has 0 fully saturated rings. The Morgan fingerprint density at radius 3 is 2.57 bits per heavy atom. The highest BCUT2D eigenvalue weighted by atomic mass is 35.5. The number of aromatic nitrogens is 1. The zero-order valence-corrected chi connectivity index (χ0v) is 12.5. The Balaban J connectivity index is 2.42. The summed E-state index contributed by atoms with van der Waals surface area (Å²) in [5.74, 6) is -0.215. The molecule has 0 unspecified atom stereocenters. The molecule has 0 aliphatic carbocycles. The van der Waals surface area contributed by atoms with E-state index in [0.717, 1.165) is 10.8 Å². The maximum Gasteiger partial charge on any atom is 0.256 e. The fraction of sp³-hybridized carbons (Fsp3) is 0.0667. The summed E-state index contributed by atoms with van der Waals surface area (Å²) in [4.78, 5) is 26.1. The molecule has 0 saturated heterocycles. The summed E-state index contributed by atoms with van der Waals surface area (Å²) in [6.45, 7) is 1.41. The van der Waals surface area contributed by atoms with Crippen molar-refractivity contribution in [2.24, 2.45) is 0 Å². The Bertz CT molecular complexity index is 948. The Morgan fingerprint density at radius 2 is 1.86 bits per heavy atom. The number of carbonyl (C=O) groups excluding carboxylic acids is 1. The van der Waals surface area contributed by atoms with Crippen LogP contribution in [0.4, 0.5) is 5.69 Å². The number of H-pyrrole nitrogens is 1. The Hall–Kier alpha value is -2.04. The van der Waals surface area contributed by atoms with Gasteiger partial charge in [0, 0.05) is 22.7 Å². The molecule has 3 rings (SSSR count). The number of fused-ring (bicyclic) bond motifs is 3. The van der Waals surface area contributed by atoms with Crippen molar-refractivity contribution in [1.82, 2.24) is 4.98 Å². The van der Waals surface area contributed by atoms with Gasteiger partial charge in [-0.2, -0.15) is 0 Å². The number of hydrogen-bond acceptors (Lipinski definition) is 2. The van der Waals surface area contributed by atoms with Crippen LogP contribution in [-0.2, 0) is 4.79 Å². The summed E-state index contributed by atoms with van der Waals surface area (Å²) < 4.78 is 0. The highest BCUT2D eigenvalue weighted by molar-refractivity contribution is 6.35. The molecule has 0 bridgehead atoms. The van der Waals surface area contributed by atoms with Gasteiger partial charge in [0.05, 0.1) is 16.2 Å². The third-order valence-corrected chi connectivity index (χ3v) is 3.73. The van der Waals surface area contributed by atoms with Gasteiger partial charge < -0.3 is 10.3 Å². The van der Waals surface area contributed by atoms with Crippen molar-refractivity contribution in [2.75, 3.05) is 5.32 Å². The lowest BCUT2D eigenvalue weighted by Gasteiger charge is -2.09. The van der Waals surface area contributed by atoms with Gasteiger partial charge in [-0.1, -0.05) is 29.3 Å². The molecule has 0 spiro atoms. The number of benzene rings is 2. The number of halogens is 2. The van der Waals surface area contributed by atoms with Crippen LogP contribution in [0.25, 0.3) is 21.7 Å². The molecular weight excluding hydrogens is 311 g/mol. The van der Waals surface area contributed by atoms with Crippen molar-refractivity contribution in [3.05, 3.63) is 50.7 Å². The minimum Gasteiger partial charge on any atom is -0.325 e. The van der Waals surface area contributed by atoms with E-state index in [4.69, 9.17) is 23.2 Å². The molecule has 0 radical (unpaired) electrons. The third kappa shape index (κ3) is 2.48. The standard InChI is InChI=1S/C15H10Cl2N2O2/c1-7(20)18-14-5-10-9-3-2-8(16)4-11(9)15(21)19-13(10)6-12(14)17/h2-6H,1H3,(H,18,20)(H,19,21). The van der Waals surface area contributed by atoms with Crippen molar-refractivity contribution >= 4 is 56.5 Å². The van der Waals surface area contributed by atoms with Gasteiger partial charge in [-0.3, -0.25) is 9.59 Å². The second-order valence-corrected chi connectivity index (χ2v) is 5.55. The SMILES string of the molecule is CC(=O)Nc1cc2c(cc1Cl)[nH]c(=O)c1cc(Cl)ccc12. The van der Waals surface area contributed by atoms with Crippen LogP contribution in [-0.4, -0.2) is 10.9 Å².